The Hall–Kier alpha value is -2.52. The molecule has 3 nitrogen and oxygen atoms in total. The molecule has 4 aromatic rings. The zero-order valence-corrected chi connectivity index (χ0v) is 11.6. The van der Waals surface area contributed by atoms with Crippen LogP contribution in [0.4, 0.5) is 0 Å². The van der Waals surface area contributed by atoms with E-state index in [9.17, 15) is 4.79 Å². The predicted octanol–water partition coefficient (Wildman–Crippen LogP) is 4.59. The van der Waals surface area contributed by atoms with Gasteiger partial charge in [0.2, 0.25) is 0 Å². The summed E-state index contributed by atoms with van der Waals surface area (Å²) < 4.78 is 5.42. The van der Waals surface area contributed by atoms with Crippen molar-refractivity contribution in [1.82, 2.24) is 4.98 Å². The number of H-pyrrole nitrogens is 1. The summed E-state index contributed by atoms with van der Waals surface area (Å²) >= 11 is 6.03. The number of rotatable bonds is 1. The van der Waals surface area contributed by atoms with Gasteiger partial charge in [-0.15, -0.1) is 0 Å². The highest BCUT2D eigenvalue weighted by molar-refractivity contribution is 6.31. The number of hydrogen-bond donors (Lipinski definition) is 1. The van der Waals surface area contributed by atoms with Gasteiger partial charge >= 0.3 is 5.63 Å². The Morgan fingerprint density at radius 3 is 2.57 bits per heavy atom. The Morgan fingerprint density at radius 1 is 0.952 bits per heavy atom. The molecule has 0 bridgehead atoms. The molecular formula is C17H10ClNO2. The van der Waals surface area contributed by atoms with Gasteiger partial charge in [0.15, 0.2) is 5.76 Å². The van der Waals surface area contributed by atoms with Gasteiger partial charge in [0, 0.05) is 32.9 Å². The SMILES string of the molecule is O=c1cc2c([nH]c3cc(Cl)ccc32)c(-c2ccccc2)o1. The van der Waals surface area contributed by atoms with Gasteiger partial charge in [-0.3, -0.25) is 0 Å². The summed E-state index contributed by atoms with van der Waals surface area (Å²) in [4.78, 5) is 15.2. The van der Waals surface area contributed by atoms with Crippen LogP contribution in [-0.4, -0.2) is 4.98 Å². The summed E-state index contributed by atoms with van der Waals surface area (Å²) in [5, 5.41) is 2.45. The lowest BCUT2D eigenvalue weighted by Gasteiger charge is -2.01. The average molecular weight is 296 g/mol. The van der Waals surface area contributed by atoms with Crippen molar-refractivity contribution in [3.63, 3.8) is 0 Å². The van der Waals surface area contributed by atoms with Crippen molar-refractivity contribution in [2.45, 2.75) is 0 Å². The largest absolute Gasteiger partial charge is 0.420 e. The molecule has 4 rings (SSSR count). The molecule has 1 N–H and O–H groups in total. The summed E-state index contributed by atoms with van der Waals surface area (Å²) in [6.45, 7) is 0. The van der Waals surface area contributed by atoms with Crippen molar-refractivity contribution < 1.29 is 4.42 Å². The molecule has 0 radical (unpaired) electrons. The Balaban J connectivity index is 2.17. The van der Waals surface area contributed by atoms with E-state index in [0.29, 0.717) is 10.8 Å². The van der Waals surface area contributed by atoms with Gasteiger partial charge in [-0.25, -0.2) is 4.79 Å². The number of hydrogen-bond acceptors (Lipinski definition) is 2. The lowest BCUT2D eigenvalue weighted by molar-refractivity contribution is 0.531. The van der Waals surface area contributed by atoms with Crippen LogP contribution in [-0.2, 0) is 0 Å². The Bertz CT molecular complexity index is 1020. The molecule has 4 heteroatoms. The first kappa shape index (κ1) is 12.2. The fraction of sp³-hybridized carbons (Fsp3) is 0. The molecule has 2 aromatic carbocycles. The average Bonchev–Trinajstić information content (AvgIpc) is 2.84. The van der Waals surface area contributed by atoms with Crippen molar-refractivity contribution in [3.8, 4) is 11.3 Å². The van der Waals surface area contributed by atoms with E-state index in [-0.39, 0.29) is 5.63 Å². The van der Waals surface area contributed by atoms with Gasteiger partial charge in [0.1, 0.15) is 0 Å². The van der Waals surface area contributed by atoms with Gasteiger partial charge in [-0.05, 0) is 12.1 Å². The molecule has 0 spiro atoms. The van der Waals surface area contributed by atoms with E-state index in [1.54, 1.807) is 0 Å². The lowest BCUT2D eigenvalue weighted by Crippen LogP contribution is -1.97. The maximum atomic E-state index is 11.9. The van der Waals surface area contributed by atoms with Crippen molar-refractivity contribution >= 4 is 33.4 Å². The van der Waals surface area contributed by atoms with Gasteiger partial charge in [0.25, 0.3) is 0 Å². The second-order valence-corrected chi connectivity index (χ2v) is 5.30. The second-order valence-electron chi connectivity index (χ2n) is 4.86. The smallest absolute Gasteiger partial charge is 0.336 e. The number of benzene rings is 2. The molecule has 2 heterocycles. The summed E-state index contributed by atoms with van der Waals surface area (Å²) in [6, 6.07) is 16.6. The number of aromatic amines is 1. The van der Waals surface area contributed by atoms with Crippen molar-refractivity contribution in [2.75, 3.05) is 0 Å². The number of nitrogens with one attached hydrogen (secondary N) is 1. The molecule has 0 fully saturated rings. The lowest BCUT2D eigenvalue weighted by atomic mass is 10.1. The van der Waals surface area contributed by atoms with Gasteiger partial charge < -0.3 is 9.40 Å². The first-order valence-corrected chi connectivity index (χ1v) is 6.91. The van der Waals surface area contributed by atoms with E-state index in [1.165, 1.54) is 6.07 Å². The standard InChI is InChI=1S/C17H10ClNO2/c18-11-6-7-12-13-9-15(20)21-17(10-4-2-1-3-5-10)16(13)19-14(12)8-11/h1-9,19H. The fourth-order valence-electron chi connectivity index (χ4n) is 2.61. The van der Waals surface area contributed by atoms with E-state index in [2.05, 4.69) is 4.98 Å². The first-order chi connectivity index (χ1) is 10.2. The van der Waals surface area contributed by atoms with Crippen LogP contribution < -0.4 is 5.63 Å². The molecule has 0 amide bonds. The predicted molar refractivity (Wildman–Crippen MR) is 84.8 cm³/mol. The van der Waals surface area contributed by atoms with Gasteiger partial charge in [0.05, 0.1) is 5.52 Å². The Kier molecular flexibility index (Phi) is 2.62. The molecular weight excluding hydrogens is 286 g/mol. The molecule has 102 valence electrons. The van der Waals surface area contributed by atoms with Crippen molar-refractivity contribution in [3.05, 3.63) is 70.0 Å². The third kappa shape index (κ3) is 1.94. The monoisotopic (exact) mass is 295 g/mol. The molecule has 0 saturated heterocycles. The molecule has 21 heavy (non-hydrogen) atoms. The summed E-state index contributed by atoms with van der Waals surface area (Å²) in [6.07, 6.45) is 0. The minimum absolute atomic E-state index is 0.364. The number of halogens is 1. The molecule has 0 aliphatic heterocycles. The Morgan fingerprint density at radius 2 is 1.76 bits per heavy atom. The summed E-state index contributed by atoms with van der Waals surface area (Å²) in [5.41, 5.74) is 2.18. The fourth-order valence-corrected chi connectivity index (χ4v) is 2.78. The van der Waals surface area contributed by atoms with Crippen molar-refractivity contribution in [1.29, 1.82) is 0 Å². The molecule has 0 saturated carbocycles. The number of fused-ring (bicyclic) bond motifs is 3. The minimum Gasteiger partial charge on any atom is -0.420 e. The van der Waals surface area contributed by atoms with Gasteiger partial charge in [-0.2, -0.15) is 0 Å². The normalized spacial score (nSPS) is 11.3. The van der Waals surface area contributed by atoms with E-state index < -0.39 is 0 Å². The number of aromatic nitrogens is 1. The zero-order valence-electron chi connectivity index (χ0n) is 10.9. The van der Waals surface area contributed by atoms with E-state index in [1.807, 2.05) is 48.5 Å². The van der Waals surface area contributed by atoms with Crippen LogP contribution >= 0.6 is 11.6 Å². The second kappa shape index (κ2) is 4.50. The van der Waals surface area contributed by atoms with Crippen LogP contribution in [0.1, 0.15) is 0 Å². The van der Waals surface area contributed by atoms with E-state index >= 15 is 0 Å². The van der Waals surface area contributed by atoms with Crippen LogP contribution in [0.3, 0.4) is 0 Å². The minimum atomic E-state index is -0.364. The molecule has 0 unspecified atom stereocenters. The third-order valence-electron chi connectivity index (χ3n) is 3.53. The van der Waals surface area contributed by atoms with E-state index in [0.717, 1.165) is 27.4 Å². The maximum Gasteiger partial charge on any atom is 0.336 e. The van der Waals surface area contributed by atoms with Crippen LogP contribution in [0, 0.1) is 0 Å². The quantitative estimate of drug-likeness (QED) is 0.558. The topological polar surface area (TPSA) is 46.0 Å². The molecule has 0 atom stereocenters. The molecule has 2 aromatic heterocycles. The van der Waals surface area contributed by atoms with Crippen LogP contribution in [0.15, 0.2) is 63.8 Å². The highest BCUT2D eigenvalue weighted by Crippen LogP contribution is 2.32. The molecule has 0 aliphatic carbocycles. The first-order valence-electron chi connectivity index (χ1n) is 6.53. The van der Waals surface area contributed by atoms with Crippen LogP contribution in [0.2, 0.25) is 5.02 Å². The Labute approximate surface area is 124 Å². The summed E-state index contributed by atoms with van der Waals surface area (Å²) in [5.74, 6) is 0.547. The summed E-state index contributed by atoms with van der Waals surface area (Å²) in [7, 11) is 0. The van der Waals surface area contributed by atoms with Crippen LogP contribution in [0.5, 0.6) is 0 Å². The zero-order chi connectivity index (χ0) is 14.4. The van der Waals surface area contributed by atoms with Gasteiger partial charge in [-0.1, -0.05) is 48.0 Å². The van der Waals surface area contributed by atoms with Crippen molar-refractivity contribution in [2.24, 2.45) is 0 Å². The molecule has 0 aliphatic rings. The van der Waals surface area contributed by atoms with Crippen LogP contribution in [0.25, 0.3) is 33.1 Å². The highest BCUT2D eigenvalue weighted by atomic mass is 35.5. The maximum absolute atomic E-state index is 11.9. The van der Waals surface area contributed by atoms with E-state index in [4.69, 9.17) is 16.0 Å². The highest BCUT2D eigenvalue weighted by Gasteiger charge is 2.13. The third-order valence-corrected chi connectivity index (χ3v) is 3.76.